The van der Waals surface area contributed by atoms with Crippen molar-refractivity contribution in [3.8, 4) is 17.1 Å². The van der Waals surface area contributed by atoms with Crippen molar-refractivity contribution in [2.45, 2.75) is 0 Å². The summed E-state index contributed by atoms with van der Waals surface area (Å²) in [5.41, 5.74) is 2.40. The number of imidazole rings is 1. The Hall–Kier alpha value is -2.71. The second-order valence-corrected chi connectivity index (χ2v) is 6.11. The number of benzene rings is 1. The molecule has 0 bridgehead atoms. The minimum atomic E-state index is 0.640. The fourth-order valence-corrected chi connectivity index (χ4v) is 2.99. The van der Waals surface area contributed by atoms with Gasteiger partial charge in [0, 0.05) is 31.7 Å². The highest BCUT2D eigenvalue weighted by atomic mass is 16.5. The number of hydrogen-bond acceptors (Lipinski definition) is 7. The van der Waals surface area contributed by atoms with Crippen molar-refractivity contribution in [1.82, 2.24) is 24.8 Å². The minimum Gasteiger partial charge on any atom is -0.497 e. The highest BCUT2D eigenvalue weighted by Crippen LogP contribution is 2.24. The van der Waals surface area contributed by atoms with E-state index in [4.69, 9.17) is 14.5 Å². The third kappa shape index (κ3) is 3.61. The van der Waals surface area contributed by atoms with E-state index < -0.39 is 0 Å². The fourth-order valence-electron chi connectivity index (χ4n) is 2.99. The molecule has 0 spiro atoms. The molecule has 1 saturated heterocycles. The second kappa shape index (κ2) is 7.67. The molecule has 0 unspecified atom stereocenters. The van der Waals surface area contributed by atoms with Crippen LogP contribution in [-0.2, 0) is 4.74 Å². The van der Waals surface area contributed by atoms with E-state index in [-0.39, 0.29) is 0 Å². The molecule has 0 atom stereocenters. The van der Waals surface area contributed by atoms with Crippen LogP contribution in [0, 0.1) is 0 Å². The van der Waals surface area contributed by atoms with Gasteiger partial charge in [0.1, 0.15) is 11.3 Å². The summed E-state index contributed by atoms with van der Waals surface area (Å²) in [7, 11) is 1.65. The third-order valence-corrected chi connectivity index (χ3v) is 4.46. The Kier molecular flexibility index (Phi) is 4.94. The Morgan fingerprint density at radius 1 is 1.19 bits per heavy atom. The van der Waals surface area contributed by atoms with Crippen LogP contribution in [0.1, 0.15) is 0 Å². The Bertz CT molecular complexity index is 858. The normalized spacial score (nSPS) is 15.3. The molecule has 1 fully saturated rings. The van der Waals surface area contributed by atoms with Crippen LogP contribution in [-0.4, -0.2) is 71.3 Å². The average Bonchev–Trinajstić information content (AvgIpc) is 3.18. The smallest absolute Gasteiger partial charge is 0.183 e. The SMILES string of the molecule is COc1ccc(-c2nc(NCCN3CCOCC3)c3[nH]cnc3n2)cc1. The predicted octanol–water partition coefficient (Wildman–Crippen LogP) is 1.77. The molecule has 1 aromatic carbocycles. The lowest BCUT2D eigenvalue weighted by Gasteiger charge is -2.26. The Morgan fingerprint density at radius 3 is 2.77 bits per heavy atom. The van der Waals surface area contributed by atoms with Crippen molar-refractivity contribution in [1.29, 1.82) is 0 Å². The van der Waals surface area contributed by atoms with Crippen molar-refractivity contribution in [2.75, 3.05) is 51.8 Å². The summed E-state index contributed by atoms with van der Waals surface area (Å²) in [5, 5.41) is 3.42. The number of ether oxygens (including phenoxy) is 2. The van der Waals surface area contributed by atoms with Crippen LogP contribution in [0.5, 0.6) is 5.75 Å². The van der Waals surface area contributed by atoms with E-state index >= 15 is 0 Å². The van der Waals surface area contributed by atoms with Crippen LogP contribution in [0.25, 0.3) is 22.6 Å². The highest BCUT2D eigenvalue weighted by molar-refractivity contribution is 5.84. The van der Waals surface area contributed by atoms with Crippen LogP contribution >= 0.6 is 0 Å². The van der Waals surface area contributed by atoms with Gasteiger partial charge in [-0.3, -0.25) is 4.90 Å². The molecular formula is C18H22N6O2. The van der Waals surface area contributed by atoms with Gasteiger partial charge >= 0.3 is 0 Å². The zero-order valence-electron chi connectivity index (χ0n) is 14.7. The first kappa shape index (κ1) is 16.7. The molecular weight excluding hydrogens is 332 g/mol. The van der Waals surface area contributed by atoms with Crippen molar-refractivity contribution < 1.29 is 9.47 Å². The minimum absolute atomic E-state index is 0.640. The number of nitrogens with zero attached hydrogens (tertiary/aromatic N) is 4. The predicted molar refractivity (Wildman–Crippen MR) is 99.4 cm³/mol. The van der Waals surface area contributed by atoms with E-state index in [1.807, 2.05) is 24.3 Å². The molecule has 0 aliphatic carbocycles. The molecule has 1 aliphatic heterocycles. The molecule has 8 heteroatoms. The maximum absolute atomic E-state index is 5.39. The topological polar surface area (TPSA) is 88.2 Å². The maximum atomic E-state index is 5.39. The molecule has 0 saturated carbocycles. The van der Waals surface area contributed by atoms with E-state index in [2.05, 4.69) is 25.2 Å². The molecule has 0 amide bonds. The van der Waals surface area contributed by atoms with E-state index in [0.717, 1.165) is 62.0 Å². The first-order valence-electron chi connectivity index (χ1n) is 8.73. The Labute approximate surface area is 151 Å². The van der Waals surface area contributed by atoms with Gasteiger partial charge in [0.05, 0.1) is 26.7 Å². The molecule has 4 rings (SSSR count). The van der Waals surface area contributed by atoms with E-state index in [0.29, 0.717) is 11.5 Å². The summed E-state index contributed by atoms with van der Waals surface area (Å²) in [5.74, 6) is 2.21. The monoisotopic (exact) mass is 354 g/mol. The lowest BCUT2D eigenvalue weighted by atomic mass is 10.2. The zero-order chi connectivity index (χ0) is 17.8. The van der Waals surface area contributed by atoms with E-state index in [1.54, 1.807) is 13.4 Å². The number of hydrogen-bond donors (Lipinski definition) is 2. The summed E-state index contributed by atoms with van der Waals surface area (Å²) >= 11 is 0. The van der Waals surface area contributed by atoms with Crippen molar-refractivity contribution in [3.63, 3.8) is 0 Å². The number of aromatic amines is 1. The number of methoxy groups -OCH3 is 1. The summed E-state index contributed by atoms with van der Waals surface area (Å²) in [6, 6.07) is 7.70. The molecule has 0 radical (unpaired) electrons. The molecule has 1 aliphatic rings. The van der Waals surface area contributed by atoms with Gasteiger partial charge in [0.2, 0.25) is 0 Å². The van der Waals surface area contributed by atoms with Gasteiger partial charge in [-0.25, -0.2) is 15.0 Å². The van der Waals surface area contributed by atoms with Crippen LogP contribution in [0.4, 0.5) is 5.82 Å². The summed E-state index contributed by atoms with van der Waals surface area (Å²) in [4.78, 5) is 19.1. The Morgan fingerprint density at radius 2 is 2.00 bits per heavy atom. The van der Waals surface area contributed by atoms with Gasteiger partial charge in [-0.2, -0.15) is 0 Å². The van der Waals surface area contributed by atoms with Gasteiger partial charge in [-0.05, 0) is 24.3 Å². The van der Waals surface area contributed by atoms with Gasteiger partial charge in [0.25, 0.3) is 0 Å². The zero-order valence-corrected chi connectivity index (χ0v) is 14.7. The molecule has 136 valence electrons. The van der Waals surface area contributed by atoms with Gasteiger partial charge in [0.15, 0.2) is 17.3 Å². The van der Waals surface area contributed by atoms with Crippen molar-refractivity contribution in [3.05, 3.63) is 30.6 Å². The maximum Gasteiger partial charge on any atom is 0.183 e. The third-order valence-electron chi connectivity index (χ3n) is 4.46. The van der Waals surface area contributed by atoms with Crippen LogP contribution < -0.4 is 10.1 Å². The summed E-state index contributed by atoms with van der Waals surface area (Å²) in [6.45, 7) is 5.30. The number of anilines is 1. The lowest BCUT2D eigenvalue weighted by Crippen LogP contribution is -2.39. The first-order chi connectivity index (χ1) is 12.8. The van der Waals surface area contributed by atoms with Crippen LogP contribution in [0.15, 0.2) is 30.6 Å². The number of nitrogens with one attached hydrogen (secondary N) is 2. The highest BCUT2D eigenvalue weighted by Gasteiger charge is 2.13. The number of aromatic nitrogens is 4. The fraction of sp³-hybridized carbons (Fsp3) is 0.389. The number of rotatable bonds is 6. The second-order valence-electron chi connectivity index (χ2n) is 6.11. The van der Waals surface area contributed by atoms with E-state index in [1.165, 1.54) is 0 Å². The van der Waals surface area contributed by atoms with Crippen molar-refractivity contribution in [2.24, 2.45) is 0 Å². The van der Waals surface area contributed by atoms with Crippen LogP contribution in [0.3, 0.4) is 0 Å². The largest absolute Gasteiger partial charge is 0.497 e. The van der Waals surface area contributed by atoms with Gasteiger partial charge in [-0.1, -0.05) is 0 Å². The molecule has 8 nitrogen and oxygen atoms in total. The summed E-state index contributed by atoms with van der Waals surface area (Å²) in [6.07, 6.45) is 1.64. The van der Waals surface area contributed by atoms with Gasteiger partial charge in [-0.15, -0.1) is 0 Å². The molecule has 26 heavy (non-hydrogen) atoms. The van der Waals surface area contributed by atoms with Gasteiger partial charge < -0.3 is 19.8 Å². The first-order valence-corrected chi connectivity index (χ1v) is 8.73. The van der Waals surface area contributed by atoms with Crippen LogP contribution in [0.2, 0.25) is 0 Å². The number of H-pyrrole nitrogens is 1. The molecule has 2 aromatic heterocycles. The molecule has 3 aromatic rings. The van der Waals surface area contributed by atoms with Crippen molar-refractivity contribution >= 4 is 17.0 Å². The number of morpholine rings is 1. The van der Waals surface area contributed by atoms with E-state index in [9.17, 15) is 0 Å². The Balaban J connectivity index is 1.53. The molecule has 3 heterocycles. The standard InChI is InChI=1S/C18H22N6O2/c1-25-14-4-2-13(3-5-14)16-22-17(15-18(23-16)21-12-20-15)19-6-7-24-8-10-26-11-9-24/h2-5,12H,6-11H2,1H3,(H2,19,20,21,22,23). The average molecular weight is 354 g/mol. The quantitative estimate of drug-likeness (QED) is 0.697. The lowest BCUT2D eigenvalue weighted by molar-refractivity contribution is 0.0398. The number of fused-ring (bicyclic) bond motifs is 1. The molecule has 2 N–H and O–H groups in total. The summed E-state index contributed by atoms with van der Waals surface area (Å²) < 4.78 is 10.6.